The van der Waals surface area contributed by atoms with E-state index in [1.54, 1.807) is 0 Å². The lowest BCUT2D eigenvalue weighted by atomic mass is 10.2. The summed E-state index contributed by atoms with van der Waals surface area (Å²) in [5.41, 5.74) is 1.14. The second-order valence-corrected chi connectivity index (χ2v) is 6.48. The van der Waals surface area contributed by atoms with Gasteiger partial charge in [0.2, 0.25) is 11.8 Å². The maximum absolute atomic E-state index is 12.6. The smallest absolute Gasteiger partial charge is 0.227 e. The van der Waals surface area contributed by atoms with E-state index in [0.717, 1.165) is 50.2 Å². The number of carbonyl (C=O) groups excluding carboxylic acids is 1. The standard InChI is InChI=1S/C17H25N5O2/c1-3-5-15-19-16(24-20-15)7-8-17(23)22-9-4-6-14(22)12-21-11-13(2)10-18-21/h10-11,14H,3-9,12H2,1-2H3/t14-/m0/s1. The maximum atomic E-state index is 12.6. The molecule has 0 aliphatic carbocycles. The van der Waals surface area contributed by atoms with Gasteiger partial charge in [-0.15, -0.1) is 0 Å². The van der Waals surface area contributed by atoms with Gasteiger partial charge < -0.3 is 9.42 Å². The van der Waals surface area contributed by atoms with Crippen LogP contribution in [0.3, 0.4) is 0 Å². The third kappa shape index (κ3) is 4.01. The van der Waals surface area contributed by atoms with Crippen molar-refractivity contribution in [2.24, 2.45) is 0 Å². The van der Waals surface area contributed by atoms with E-state index in [4.69, 9.17) is 4.52 Å². The lowest BCUT2D eigenvalue weighted by Gasteiger charge is -2.24. The van der Waals surface area contributed by atoms with Gasteiger partial charge in [-0.2, -0.15) is 10.1 Å². The van der Waals surface area contributed by atoms with E-state index in [-0.39, 0.29) is 11.9 Å². The molecule has 1 amide bonds. The monoisotopic (exact) mass is 331 g/mol. The molecule has 3 heterocycles. The lowest BCUT2D eigenvalue weighted by molar-refractivity contribution is -0.132. The first-order chi connectivity index (χ1) is 11.7. The SMILES string of the molecule is CCCc1noc(CCC(=O)N2CCC[C@H]2Cn2cc(C)cn2)n1. The van der Waals surface area contributed by atoms with Crippen LogP contribution in [0.5, 0.6) is 0 Å². The van der Waals surface area contributed by atoms with Crippen LogP contribution in [0.25, 0.3) is 0 Å². The molecule has 130 valence electrons. The highest BCUT2D eigenvalue weighted by atomic mass is 16.5. The van der Waals surface area contributed by atoms with Gasteiger partial charge in [-0.05, 0) is 31.7 Å². The fourth-order valence-electron chi connectivity index (χ4n) is 3.21. The number of rotatable bonds is 7. The summed E-state index contributed by atoms with van der Waals surface area (Å²) < 4.78 is 7.14. The molecule has 7 heteroatoms. The van der Waals surface area contributed by atoms with Crippen LogP contribution in [-0.4, -0.2) is 43.3 Å². The first kappa shape index (κ1) is 16.7. The van der Waals surface area contributed by atoms with E-state index in [0.29, 0.717) is 18.7 Å². The molecule has 2 aromatic rings. The minimum Gasteiger partial charge on any atom is -0.339 e. The van der Waals surface area contributed by atoms with Gasteiger partial charge in [-0.25, -0.2) is 0 Å². The van der Waals surface area contributed by atoms with E-state index in [1.165, 1.54) is 0 Å². The molecule has 1 fully saturated rings. The summed E-state index contributed by atoms with van der Waals surface area (Å²) in [7, 11) is 0. The Kier molecular flexibility index (Phi) is 5.27. The number of nitrogens with zero attached hydrogens (tertiary/aromatic N) is 5. The van der Waals surface area contributed by atoms with E-state index < -0.39 is 0 Å². The van der Waals surface area contributed by atoms with Crippen molar-refractivity contribution in [2.75, 3.05) is 6.54 Å². The van der Waals surface area contributed by atoms with Gasteiger partial charge in [0.05, 0.1) is 18.8 Å². The fraction of sp³-hybridized carbons (Fsp3) is 0.647. The van der Waals surface area contributed by atoms with Crippen LogP contribution in [0.2, 0.25) is 0 Å². The number of aryl methyl sites for hydroxylation is 3. The summed E-state index contributed by atoms with van der Waals surface area (Å²) in [5.74, 6) is 1.45. The van der Waals surface area contributed by atoms with Crippen LogP contribution in [0.1, 0.15) is 49.9 Å². The van der Waals surface area contributed by atoms with Crippen LogP contribution < -0.4 is 0 Å². The van der Waals surface area contributed by atoms with Crippen molar-refractivity contribution >= 4 is 5.91 Å². The van der Waals surface area contributed by atoms with Crippen molar-refractivity contribution < 1.29 is 9.32 Å². The molecule has 0 saturated carbocycles. The number of carbonyl (C=O) groups is 1. The Morgan fingerprint density at radius 1 is 1.42 bits per heavy atom. The number of aromatic nitrogens is 4. The van der Waals surface area contributed by atoms with Crippen molar-refractivity contribution in [3.05, 3.63) is 29.7 Å². The number of hydrogen-bond donors (Lipinski definition) is 0. The van der Waals surface area contributed by atoms with E-state index >= 15 is 0 Å². The number of likely N-dealkylation sites (tertiary alicyclic amines) is 1. The molecule has 24 heavy (non-hydrogen) atoms. The largest absolute Gasteiger partial charge is 0.339 e. The molecule has 0 unspecified atom stereocenters. The second-order valence-electron chi connectivity index (χ2n) is 6.48. The van der Waals surface area contributed by atoms with Gasteiger partial charge in [0.1, 0.15) is 0 Å². The van der Waals surface area contributed by atoms with Crippen molar-refractivity contribution in [1.29, 1.82) is 0 Å². The summed E-state index contributed by atoms with van der Waals surface area (Å²) >= 11 is 0. The molecule has 0 radical (unpaired) electrons. The quantitative estimate of drug-likeness (QED) is 0.777. The highest BCUT2D eigenvalue weighted by molar-refractivity contribution is 5.77. The van der Waals surface area contributed by atoms with Gasteiger partial charge in [0.25, 0.3) is 0 Å². The lowest BCUT2D eigenvalue weighted by Crippen LogP contribution is -2.38. The molecule has 0 bridgehead atoms. The summed E-state index contributed by atoms with van der Waals surface area (Å²) in [4.78, 5) is 18.9. The predicted octanol–water partition coefficient (Wildman–Crippen LogP) is 2.15. The molecule has 0 spiro atoms. The van der Waals surface area contributed by atoms with Crippen molar-refractivity contribution in [3.63, 3.8) is 0 Å². The molecule has 0 N–H and O–H groups in total. The van der Waals surface area contributed by atoms with Crippen molar-refractivity contribution in [2.45, 2.75) is 65.0 Å². The average molecular weight is 331 g/mol. The second kappa shape index (κ2) is 7.59. The van der Waals surface area contributed by atoms with E-state index in [9.17, 15) is 4.79 Å². The molecule has 1 atom stereocenters. The summed E-state index contributed by atoms with van der Waals surface area (Å²) in [6.07, 6.45) is 8.69. The third-order valence-corrected chi connectivity index (χ3v) is 4.39. The van der Waals surface area contributed by atoms with Gasteiger partial charge >= 0.3 is 0 Å². The van der Waals surface area contributed by atoms with Gasteiger partial charge in [-0.3, -0.25) is 9.48 Å². The minimum atomic E-state index is 0.164. The van der Waals surface area contributed by atoms with Crippen LogP contribution >= 0.6 is 0 Å². The first-order valence-electron chi connectivity index (χ1n) is 8.75. The summed E-state index contributed by atoms with van der Waals surface area (Å²) in [6, 6.07) is 0.232. The Bertz CT molecular complexity index is 678. The highest BCUT2D eigenvalue weighted by Crippen LogP contribution is 2.20. The van der Waals surface area contributed by atoms with Gasteiger partial charge in [0.15, 0.2) is 5.82 Å². The Labute approximate surface area is 142 Å². The highest BCUT2D eigenvalue weighted by Gasteiger charge is 2.29. The number of hydrogen-bond acceptors (Lipinski definition) is 5. The molecule has 3 rings (SSSR count). The Balaban J connectivity index is 1.53. The molecule has 0 aromatic carbocycles. The van der Waals surface area contributed by atoms with Crippen LogP contribution in [0, 0.1) is 6.92 Å². The Morgan fingerprint density at radius 3 is 3.04 bits per heavy atom. The minimum absolute atomic E-state index is 0.164. The van der Waals surface area contributed by atoms with Crippen LogP contribution in [-0.2, 0) is 24.2 Å². The number of amides is 1. The average Bonchev–Trinajstić information content (AvgIpc) is 3.28. The van der Waals surface area contributed by atoms with Crippen molar-refractivity contribution in [1.82, 2.24) is 24.8 Å². The maximum Gasteiger partial charge on any atom is 0.227 e. The molecule has 1 saturated heterocycles. The fourth-order valence-corrected chi connectivity index (χ4v) is 3.21. The zero-order valence-corrected chi connectivity index (χ0v) is 14.4. The molecule has 1 aliphatic rings. The Morgan fingerprint density at radius 2 is 2.29 bits per heavy atom. The first-order valence-corrected chi connectivity index (χ1v) is 8.75. The molecular formula is C17H25N5O2. The van der Waals surface area contributed by atoms with Crippen molar-refractivity contribution in [3.8, 4) is 0 Å². The molecule has 7 nitrogen and oxygen atoms in total. The Hall–Kier alpha value is -2.18. The topological polar surface area (TPSA) is 77.0 Å². The molecular weight excluding hydrogens is 306 g/mol. The van der Waals surface area contributed by atoms with E-state index in [1.807, 2.05) is 28.9 Å². The van der Waals surface area contributed by atoms with Gasteiger partial charge in [-0.1, -0.05) is 12.1 Å². The zero-order valence-electron chi connectivity index (χ0n) is 14.4. The summed E-state index contributed by atoms with van der Waals surface area (Å²) in [5, 5.41) is 8.26. The molecule has 1 aliphatic heterocycles. The van der Waals surface area contributed by atoms with Crippen LogP contribution in [0.4, 0.5) is 0 Å². The zero-order chi connectivity index (χ0) is 16.9. The van der Waals surface area contributed by atoms with E-state index in [2.05, 4.69) is 22.2 Å². The van der Waals surface area contributed by atoms with Gasteiger partial charge in [0, 0.05) is 32.0 Å². The van der Waals surface area contributed by atoms with Crippen LogP contribution in [0.15, 0.2) is 16.9 Å². The summed E-state index contributed by atoms with van der Waals surface area (Å²) in [6.45, 7) is 5.70. The third-order valence-electron chi connectivity index (χ3n) is 4.39. The normalized spacial score (nSPS) is 17.6. The molecule has 2 aromatic heterocycles. The predicted molar refractivity (Wildman–Crippen MR) is 88.3 cm³/mol.